The molecule has 1 aromatic heterocycles. The zero-order chi connectivity index (χ0) is 16.8. The summed E-state index contributed by atoms with van der Waals surface area (Å²) in [7, 11) is 1.72. The van der Waals surface area contributed by atoms with Gasteiger partial charge in [-0.1, -0.05) is 12.1 Å². The summed E-state index contributed by atoms with van der Waals surface area (Å²) in [5.74, 6) is 0.930. The average molecular weight is 332 g/mol. The minimum atomic E-state index is -0.158. The lowest BCUT2D eigenvalue weighted by Gasteiger charge is -2.34. The normalized spacial score (nSPS) is 16.6. The maximum absolute atomic E-state index is 13.3. The monoisotopic (exact) mass is 332 g/mol. The molecular weight excluding hydrogens is 307 g/mol. The molecule has 3 rings (SSSR count). The molecule has 0 radical (unpaired) electrons. The first-order chi connectivity index (χ1) is 11.7. The zero-order valence-electron chi connectivity index (χ0n) is 14.2. The summed E-state index contributed by atoms with van der Waals surface area (Å²) >= 11 is 0. The second-order valence-corrected chi connectivity index (χ2v) is 6.21. The van der Waals surface area contributed by atoms with E-state index < -0.39 is 0 Å². The second kappa shape index (κ2) is 8.37. The largest absolute Gasteiger partial charge is 0.383 e. The number of nitrogens with zero attached hydrogens (tertiary/aromatic N) is 4. The van der Waals surface area contributed by atoms with Crippen molar-refractivity contribution in [1.82, 2.24) is 19.4 Å². The van der Waals surface area contributed by atoms with E-state index in [4.69, 9.17) is 4.74 Å². The lowest BCUT2D eigenvalue weighted by atomic mass is 10.2. The molecule has 1 fully saturated rings. The molecule has 130 valence electrons. The van der Waals surface area contributed by atoms with Crippen molar-refractivity contribution in [2.45, 2.75) is 19.6 Å². The highest BCUT2D eigenvalue weighted by Gasteiger charge is 2.18. The fourth-order valence-electron chi connectivity index (χ4n) is 3.08. The first-order valence-corrected chi connectivity index (χ1v) is 8.42. The van der Waals surface area contributed by atoms with Gasteiger partial charge in [-0.25, -0.2) is 9.37 Å². The summed E-state index contributed by atoms with van der Waals surface area (Å²) in [6, 6.07) is 6.88. The van der Waals surface area contributed by atoms with E-state index in [0.717, 1.165) is 57.2 Å². The van der Waals surface area contributed by atoms with Crippen molar-refractivity contribution in [2.24, 2.45) is 0 Å². The smallest absolute Gasteiger partial charge is 0.123 e. The van der Waals surface area contributed by atoms with Crippen LogP contribution in [0.1, 0.15) is 11.4 Å². The molecule has 0 saturated carbocycles. The predicted molar refractivity (Wildman–Crippen MR) is 91.1 cm³/mol. The number of hydrogen-bond donors (Lipinski definition) is 0. The Morgan fingerprint density at radius 2 is 1.88 bits per heavy atom. The zero-order valence-corrected chi connectivity index (χ0v) is 14.2. The molecule has 0 bridgehead atoms. The average Bonchev–Trinajstić information content (AvgIpc) is 3.02. The molecule has 0 aliphatic carbocycles. The molecule has 5 nitrogen and oxygen atoms in total. The van der Waals surface area contributed by atoms with Crippen molar-refractivity contribution in [3.05, 3.63) is 53.9 Å². The van der Waals surface area contributed by atoms with Crippen LogP contribution in [0, 0.1) is 5.82 Å². The summed E-state index contributed by atoms with van der Waals surface area (Å²) in [6.45, 7) is 7.22. The number of hydrogen-bond acceptors (Lipinski definition) is 4. The van der Waals surface area contributed by atoms with Crippen LogP contribution < -0.4 is 0 Å². The van der Waals surface area contributed by atoms with Gasteiger partial charge >= 0.3 is 0 Å². The Morgan fingerprint density at radius 3 is 2.58 bits per heavy atom. The number of benzene rings is 1. The number of piperazine rings is 1. The molecule has 0 spiro atoms. The van der Waals surface area contributed by atoms with Crippen molar-refractivity contribution in [2.75, 3.05) is 39.9 Å². The number of methoxy groups -OCH3 is 1. The molecule has 24 heavy (non-hydrogen) atoms. The van der Waals surface area contributed by atoms with Gasteiger partial charge in [-0.15, -0.1) is 0 Å². The Labute approximate surface area is 142 Å². The SMILES string of the molecule is COCCn1ccnc1CN1CCN(Cc2cccc(F)c2)CC1. The first-order valence-electron chi connectivity index (χ1n) is 8.42. The molecule has 6 heteroatoms. The van der Waals surface area contributed by atoms with E-state index in [2.05, 4.69) is 19.4 Å². The lowest BCUT2D eigenvalue weighted by molar-refractivity contribution is 0.118. The van der Waals surface area contributed by atoms with E-state index in [1.54, 1.807) is 19.2 Å². The third-order valence-corrected chi connectivity index (χ3v) is 4.46. The Hall–Kier alpha value is -1.76. The molecule has 0 atom stereocenters. The van der Waals surface area contributed by atoms with Crippen LogP contribution in [0.5, 0.6) is 0 Å². The molecular formula is C18H25FN4O. The van der Waals surface area contributed by atoms with Crippen molar-refractivity contribution < 1.29 is 9.13 Å². The van der Waals surface area contributed by atoms with E-state index >= 15 is 0 Å². The van der Waals surface area contributed by atoms with Crippen LogP contribution in [0.4, 0.5) is 4.39 Å². The fraction of sp³-hybridized carbons (Fsp3) is 0.500. The van der Waals surface area contributed by atoms with Crippen LogP contribution in [-0.2, 0) is 24.4 Å². The van der Waals surface area contributed by atoms with E-state index in [9.17, 15) is 4.39 Å². The van der Waals surface area contributed by atoms with Gasteiger partial charge in [0, 0.05) is 58.8 Å². The van der Waals surface area contributed by atoms with Crippen LogP contribution in [0.25, 0.3) is 0 Å². The highest BCUT2D eigenvalue weighted by molar-refractivity contribution is 5.16. The van der Waals surface area contributed by atoms with E-state index in [0.29, 0.717) is 6.61 Å². The molecule has 0 amide bonds. The van der Waals surface area contributed by atoms with Crippen LogP contribution in [0.2, 0.25) is 0 Å². The Balaban J connectivity index is 1.48. The third kappa shape index (κ3) is 4.63. The van der Waals surface area contributed by atoms with Gasteiger partial charge < -0.3 is 9.30 Å². The molecule has 1 saturated heterocycles. The van der Waals surface area contributed by atoms with Crippen molar-refractivity contribution >= 4 is 0 Å². The molecule has 0 N–H and O–H groups in total. The van der Waals surface area contributed by atoms with Gasteiger partial charge in [0.15, 0.2) is 0 Å². The second-order valence-electron chi connectivity index (χ2n) is 6.21. The fourth-order valence-corrected chi connectivity index (χ4v) is 3.08. The molecule has 0 unspecified atom stereocenters. The maximum Gasteiger partial charge on any atom is 0.123 e. The number of halogens is 1. The van der Waals surface area contributed by atoms with Crippen LogP contribution in [0.3, 0.4) is 0 Å². The van der Waals surface area contributed by atoms with Gasteiger partial charge in [0.2, 0.25) is 0 Å². The predicted octanol–water partition coefficient (Wildman–Crippen LogP) is 1.99. The lowest BCUT2D eigenvalue weighted by Crippen LogP contribution is -2.45. The van der Waals surface area contributed by atoms with Crippen LogP contribution in [-0.4, -0.2) is 59.2 Å². The van der Waals surface area contributed by atoms with Crippen molar-refractivity contribution in [3.8, 4) is 0 Å². The maximum atomic E-state index is 13.3. The van der Waals surface area contributed by atoms with Crippen molar-refractivity contribution in [3.63, 3.8) is 0 Å². The molecule has 1 aliphatic rings. The molecule has 1 aliphatic heterocycles. The standard InChI is InChI=1S/C18H25FN4O/c1-24-12-11-23-6-5-20-18(23)15-22-9-7-21(8-10-22)14-16-3-2-4-17(19)13-16/h2-6,13H,7-12,14-15H2,1H3. The summed E-state index contributed by atoms with van der Waals surface area (Å²) in [6.07, 6.45) is 3.86. The minimum absolute atomic E-state index is 0.158. The van der Waals surface area contributed by atoms with Gasteiger partial charge in [-0.2, -0.15) is 0 Å². The molecule has 2 heterocycles. The van der Waals surface area contributed by atoms with E-state index in [-0.39, 0.29) is 5.82 Å². The highest BCUT2D eigenvalue weighted by atomic mass is 19.1. The first kappa shape index (κ1) is 17.1. The summed E-state index contributed by atoms with van der Waals surface area (Å²) in [5, 5.41) is 0. The van der Waals surface area contributed by atoms with E-state index in [1.165, 1.54) is 6.07 Å². The topological polar surface area (TPSA) is 33.5 Å². The third-order valence-electron chi connectivity index (χ3n) is 4.46. The number of rotatable bonds is 7. The quantitative estimate of drug-likeness (QED) is 0.776. The van der Waals surface area contributed by atoms with Gasteiger partial charge in [0.1, 0.15) is 11.6 Å². The Kier molecular flexibility index (Phi) is 5.96. The number of ether oxygens (including phenoxy) is 1. The van der Waals surface area contributed by atoms with Gasteiger partial charge in [-0.05, 0) is 17.7 Å². The summed E-state index contributed by atoms with van der Waals surface area (Å²) in [4.78, 5) is 9.27. The van der Waals surface area contributed by atoms with Gasteiger partial charge in [-0.3, -0.25) is 9.80 Å². The molecule has 1 aromatic carbocycles. The Bertz CT molecular complexity index is 637. The number of imidazole rings is 1. The van der Waals surface area contributed by atoms with Gasteiger partial charge in [0.25, 0.3) is 0 Å². The summed E-state index contributed by atoms with van der Waals surface area (Å²) in [5.41, 5.74) is 1.04. The van der Waals surface area contributed by atoms with Crippen molar-refractivity contribution in [1.29, 1.82) is 0 Å². The van der Waals surface area contributed by atoms with E-state index in [1.807, 2.05) is 18.5 Å². The minimum Gasteiger partial charge on any atom is -0.383 e. The van der Waals surface area contributed by atoms with Crippen LogP contribution >= 0.6 is 0 Å². The summed E-state index contributed by atoms with van der Waals surface area (Å²) < 4.78 is 20.6. The molecule has 2 aromatic rings. The Morgan fingerprint density at radius 1 is 1.12 bits per heavy atom. The number of aromatic nitrogens is 2. The van der Waals surface area contributed by atoms with Gasteiger partial charge in [0.05, 0.1) is 13.2 Å². The van der Waals surface area contributed by atoms with Crippen LogP contribution in [0.15, 0.2) is 36.7 Å². The highest BCUT2D eigenvalue weighted by Crippen LogP contribution is 2.12.